The Kier molecular flexibility index (Phi) is 5.36. The molecule has 1 fully saturated rings. The minimum absolute atomic E-state index is 0.0194. The van der Waals surface area contributed by atoms with Crippen LogP contribution in [0, 0.1) is 5.92 Å². The summed E-state index contributed by atoms with van der Waals surface area (Å²) in [5.74, 6) is -1.41. The molecule has 1 aromatic carbocycles. The van der Waals surface area contributed by atoms with E-state index in [1.165, 1.54) is 6.07 Å². The second-order valence-electron chi connectivity index (χ2n) is 6.08. The molecule has 1 saturated heterocycles. The molecule has 2 N–H and O–H groups in total. The van der Waals surface area contributed by atoms with Gasteiger partial charge in [-0.3, -0.25) is 9.59 Å². The summed E-state index contributed by atoms with van der Waals surface area (Å²) < 4.78 is 0. The molecule has 0 aliphatic carbocycles. The van der Waals surface area contributed by atoms with Crippen molar-refractivity contribution in [1.29, 1.82) is 0 Å². The number of benzene rings is 1. The van der Waals surface area contributed by atoms with Crippen molar-refractivity contribution in [2.75, 3.05) is 13.1 Å². The summed E-state index contributed by atoms with van der Waals surface area (Å²) in [6, 6.07) is 6.32. The Bertz CT molecular complexity index is 604. The fourth-order valence-corrected chi connectivity index (χ4v) is 2.62. The lowest BCUT2D eigenvalue weighted by molar-refractivity contribution is -0.124. The van der Waals surface area contributed by atoms with E-state index in [1.807, 2.05) is 13.8 Å². The van der Waals surface area contributed by atoms with E-state index in [4.69, 9.17) is 0 Å². The number of hydrogen-bond acceptors (Lipinski definition) is 3. The quantitative estimate of drug-likeness (QED) is 0.885. The maximum absolute atomic E-state index is 12.5. The highest BCUT2D eigenvalue weighted by Gasteiger charge is 2.27. The van der Waals surface area contributed by atoms with Crippen LogP contribution in [0.15, 0.2) is 24.3 Å². The van der Waals surface area contributed by atoms with Gasteiger partial charge < -0.3 is 15.3 Å². The Morgan fingerprint density at radius 3 is 2.22 bits per heavy atom. The van der Waals surface area contributed by atoms with Gasteiger partial charge in [-0.1, -0.05) is 26.0 Å². The van der Waals surface area contributed by atoms with Gasteiger partial charge in [0.25, 0.3) is 5.91 Å². The summed E-state index contributed by atoms with van der Waals surface area (Å²) in [5.41, 5.74) is 0.234. The zero-order valence-corrected chi connectivity index (χ0v) is 13.4. The predicted octanol–water partition coefficient (Wildman–Crippen LogP) is 1.76. The molecular weight excluding hydrogens is 296 g/mol. The van der Waals surface area contributed by atoms with Crippen molar-refractivity contribution in [3.8, 4) is 0 Å². The van der Waals surface area contributed by atoms with Gasteiger partial charge in [0.1, 0.15) is 0 Å². The number of carbonyl (C=O) groups is 3. The summed E-state index contributed by atoms with van der Waals surface area (Å²) in [5, 5.41) is 12.2. The summed E-state index contributed by atoms with van der Waals surface area (Å²) in [6.45, 7) is 4.71. The van der Waals surface area contributed by atoms with Gasteiger partial charge in [-0.05, 0) is 25.0 Å². The second kappa shape index (κ2) is 7.26. The van der Waals surface area contributed by atoms with Crippen molar-refractivity contribution in [2.24, 2.45) is 5.92 Å². The standard InChI is InChI=1S/C17H22N2O4/c1-11(2)15(20)18-12-7-9-19(10-8-12)16(21)13-5-3-4-6-14(13)17(22)23/h3-6,11-12H,7-10H2,1-2H3,(H,18,20)(H,22,23). The average molecular weight is 318 g/mol. The number of carboxylic acid groups (broad SMARTS) is 1. The van der Waals surface area contributed by atoms with E-state index in [0.717, 1.165) is 0 Å². The Labute approximate surface area is 135 Å². The van der Waals surface area contributed by atoms with Crippen LogP contribution in [0.5, 0.6) is 0 Å². The summed E-state index contributed by atoms with van der Waals surface area (Å²) >= 11 is 0. The number of hydrogen-bond donors (Lipinski definition) is 2. The summed E-state index contributed by atoms with van der Waals surface area (Å²) in [6.07, 6.45) is 1.36. The molecule has 2 amide bonds. The molecule has 6 nitrogen and oxygen atoms in total. The third-order valence-electron chi connectivity index (χ3n) is 4.04. The van der Waals surface area contributed by atoms with Crippen molar-refractivity contribution >= 4 is 17.8 Å². The van der Waals surface area contributed by atoms with Gasteiger partial charge in [-0.25, -0.2) is 4.79 Å². The molecule has 0 atom stereocenters. The zero-order valence-electron chi connectivity index (χ0n) is 13.4. The number of carboxylic acids is 1. The molecule has 124 valence electrons. The molecule has 0 bridgehead atoms. The molecule has 1 aliphatic rings. The van der Waals surface area contributed by atoms with Crippen LogP contribution in [-0.4, -0.2) is 46.9 Å². The smallest absolute Gasteiger partial charge is 0.336 e. The molecule has 0 saturated carbocycles. The largest absolute Gasteiger partial charge is 0.478 e. The van der Waals surface area contributed by atoms with Gasteiger partial charge in [0.05, 0.1) is 11.1 Å². The molecule has 2 rings (SSSR count). The topological polar surface area (TPSA) is 86.7 Å². The van der Waals surface area contributed by atoms with Gasteiger partial charge in [0, 0.05) is 25.0 Å². The fraction of sp³-hybridized carbons (Fsp3) is 0.471. The first kappa shape index (κ1) is 17.0. The van der Waals surface area contributed by atoms with Gasteiger partial charge in [-0.2, -0.15) is 0 Å². The highest BCUT2D eigenvalue weighted by Crippen LogP contribution is 2.17. The zero-order chi connectivity index (χ0) is 17.0. The Hall–Kier alpha value is -2.37. The van der Waals surface area contributed by atoms with E-state index in [-0.39, 0.29) is 34.9 Å². The lowest BCUT2D eigenvalue weighted by Gasteiger charge is -2.33. The van der Waals surface area contributed by atoms with Gasteiger partial charge in [0.2, 0.25) is 5.91 Å². The molecule has 23 heavy (non-hydrogen) atoms. The van der Waals surface area contributed by atoms with Crippen molar-refractivity contribution in [3.63, 3.8) is 0 Å². The first-order valence-corrected chi connectivity index (χ1v) is 7.82. The van der Waals surface area contributed by atoms with Crippen LogP contribution in [0.25, 0.3) is 0 Å². The number of carbonyl (C=O) groups excluding carboxylic acids is 2. The van der Waals surface area contributed by atoms with Crippen molar-refractivity contribution in [3.05, 3.63) is 35.4 Å². The Morgan fingerprint density at radius 1 is 1.13 bits per heavy atom. The number of nitrogens with zero attached hydrogens (tertiary/aromatic N) is 1. The summed E-state index contributed by atoms with van der Waals surface area (Å²) in [7, 11) is 0. The fourth-order valence-electron chi connectivity index (χ4n) is 2.62. The van der Waals surface area contributed by atoms with E-state index in [0.29, 0.717) is 25.9 Å². The summed E-state index contributed by atoms with van der Waals surface area (Å²) in [4.78, 5) is 37.1. The van der Waals surface area contributed by atoms with Gasteiger partial charge in [0.15, 0.2) is 0 Å². The van der Waals surface area contributed by atoms with Crippen molar-refractivity contribution in [1.82, 2.24) is 10.2 Å². The molecule has 1 aromatic rings. The number of likely N-dealkylation sites (tertiary alicyclic amines) is 1. The van der Waals surface area contributed by atoms with Crippen LogP contribution in [0.3, 0.4) is 0 Å². The molecule has 1 aliphatic heterocycles. The molecule has 6 heteroatoms. The van der Waals surface area contributed by atoms with Crippen LogP contribution < -0.4 is 5.32 Å². The van der Waals surface area contributed by atoms with E-state index < -0.39 is 5.97 Å². The van der Waals surface area contributed by atoms with Crippen LogP contribution in [0.2, 0.25) is 0 Å². The minimum Gasteiger partial charge on any atom is -0.478 e. The third-order valence-corrected chi connectivity index (χ3v) is 4.04. The maximum atomic E-state index is 12.5. The van der Waals surface area contributed by atoms with Gasteiger partial charge in [-0.15, -0.1) is 0 Å². The highest BCUT2D eigenvalue weighted by molar-refractivity contribution is 6.04. The highest BCUT2D eigenvalue weighted by atomic mass is 16.4. The molecule has 0 radical (unpaired) electrons. The maximum Gasteiger partial charge on any atom is 0.336 e. The number of amides is 2. The van der Waals surface area contributed by atoms with E-state index >= 15 is 0 Å². The Balaban J connectivity index is 1.99. The van der Waals surface area contributed by atoms with E-state index in [1.54, 1.807) is 23.1 Å². The van der Waals surface area contributed by atoms with E-state index in [2.05, 4.69) is 5.32 Å². The van der Waals surface area contributed by atoms with Crippen LogP contribution in [0.4, 0.5) is 0 Å². The predicted molar refractivity (Wildman–Crippen MR) is 85.3 cm³/mol. The lowest BCUT2D eigenvalue weighted by atomic mass is 10.0. The van der Waals surface area contributed by atoms with Crippen LogP contribution >= 0.6 is 0 Å². The SMILES string of the molecule is CC(C)C(=O)NC1CCN(C(=O)c2ccccc2C(=O)O)CC1. The molecule has 0 aromatic heterocycles. The average Bonchev–Trinajstić information content (AvgIpc) is 2.54. The Morgan fingerprint density at radius 2 is 1.70 bits per heavy atom. The van der Waals surface area contributed by atoms with E-state index in [9.17, 15) is 19.5 Å². The monoisotopic (exact) mass is 318 g/mol. The lowest BCUT2D eigenvalue weighted by Crippen LogP contribution is -2.47. The first-order valence-electron chi connectivity index (χ1n) is 7.82. The first-order chi connectivity index (χ1) is 10.9. The van der Waals surface area contributed by atoms with Crippen LogP contribution in [0.1, 0.15) is 47.4 Å². The normalized spacial score (nSPS) is 15.5. The van der Waals surface area contributed by atoms with Crippen molar-refractivity contribution < 1.29 is 19.5 Å². The number of piperidine rings is 1. The number of aromatic carboxylic acids is 1. The number of rotatable bonds is 4. The third kappa shape index (κ3) is 4.09. The number of nitrogens with one attached hydrogen (secondary N) is 1. The molecule has 0 unspecified atom stereocenters. The van der Waals surface area contributed by atoms with Gasteiger partial charge >= 0.3 is 5.97 Å². The minimum atomic E-state index is -1.10. The van der Waals surface area contributed by atoms with Crippen molar-refractivity contribution in [2.45, 2.75) is 32.7 Å². The van der Waals surface area contributed by atoms with Crippen LogP contribution in [-0.2, 0) is 4.79 Å². The molecule has 1 heterocycles. The second-order valence-corrected chi connectivity index (χ2v) is 6.08. The molecular formula is C17H22N2O4. The molecule has 0 spiro atoms.